The van der Waals surface area contributed by atoms with Crippen LogP contribution in [0.4, 0.5) is 4.39 Å². The van der Waals surface area contributed by atoms with Gasteiger partial charge in [-0.15, -0.1) is 0 Å². The topological polar surface area (TPSA) is 26.0 Å². The van der Waals surface area contributed by atoms with E-state index in [1.807, 2.05) is 0 Å². The number of nitrogens with two attached hydrogens (primary N) is 1. The van der Waals surface area contributed by atoms with Crippen molar-refractivity contribution in [1.82, 2.24) is 0 Å². The average molecular weight is 159 g/mol. The first-order valence-corrected chi connectivity index (χ1v) is 4.56. The largest absolute Gasteiger partial charge is 0.330 e. The number of hydrogen-bond donors (Lipinski definition) is 1. The molecule has 1 aliphatic carbocycles. The molecule has 66 valence electrons. The van der Waals surface area contributed by atoms with Crippen LogP contribution in [0.2, 0.25) is 0 Å². The molecule has 1 rings (SSSR count). The molecule has 0 aromatic heterocycles. The molecule has 0 amide bonds. The number of halogens is 1. The van der Waals surface area contributed by atoms with Crippen molar-refractivity contribution in [3.8, 4) is 0 Å². The Balaban J connectivity index is 2.41. The monoisotopic (exact) mass is 159 g/mol. The van der Waals surface area contributed by atoms with Crippen molar-refractivity contribution in [2.75, 3.05) is 6.54 Å². The van der Waals surface area contributed by atoms with Gasteiger partial charge in [-0.05, 0) is 38.6 Å². The molecule has 0 aliphatic heterocycles. The summed E-state index contributed by atoms with van der Waals surface area (Å²) in [7, 11) is 0. The smallest absolute Gasteiger partial charge is 0.112 e. The second-order valence-corrected chi connectivity index (χ2v) is 3.80. The van der Waals surface area contributed by atoms with Crippen LogP contribution < -0.4 is 5.73 Å². The summed E-state index contributed by atoms with van der Waals surface area (Å²) in [5.41, 5.74) is 4.35. The van der Waals surface area contributed by atoms with Gasteiger partial charge in [-0.25, -0.2) is 4.39 Å². The van der Waals surface area contributed by atoms with Crippen LogP contribution in [-0.4, -0.2) is 12.2 Å². The van der Waals surface area contributed by atoms with Gasteiger partial charge in [-0.2, -0.15) is 0 Å². The lowest BCUT2D eigenvalue weighted by atomic mass is 9.87. The summed E-state index contributed by atoms with van der Waals surface area (Å²) in [5, 5.41) is 0. The summed E-state index contributed by atoms with van der Waals surface area (Å²) < 4.78 is 13.7. The van der Waals surface area contributed by atoms with Gasteiger partial charge in [-0.3, -0.25) is 0 Å². The molecule has 1 unspecified atom stereocenters. The van der Waals surface area contributed by atoms with Crippen LogP contribution in [0.15, 0.2) is 0 Å². The third kappa shape index (κ3) is 2.16. The van der Waals surface area contributed by atoms with E-state index in [-0.39, 0.29) is 5.92 Å². The van der Waals surface area contributed by atoms with E-state index in [2.05, 4.69) is 0 Å². The van der Waals surface area contributed by atoms with Crippen LogP contribution in [0.1, 0.15) is 39.0 Å². The summed E-state index contributed by atoms with van der Waals surface area (Å²) in [6, 6.07) is 0. The second kappa shape index (κ2) is 3.53. The van der Waals surface area contributed by atoms with Crippen molar-refractivity contribution in [2.24, 2.45) is 11.7 Å². The van der Waals surface area contributed by atoms with Crippen molar-refractivity contribution >= 4 is 0 Å². The minimum atomic E-state index is -0.995. The zero-order valence-electron chi connectivity index (χ0n) is 7.28. The standard InChI is InChI=1S/C9H18FN/c1-9(10,6-7-11)8-4-2-3-5-8/h8H,2-7,11H2,1H3. The molecule has 0 spiro atoms. The van der Waals surface area contributed by atoms with Gasteiger partial charge in [-0.1, -0.05) is 12.8 Å². The number of alkyl halides is 1. The fraction of sp³-hybridized carbons (Fsp3) is 1.00. The lowest BCUT2D eigenvalue weighted by Gasteiger charge is -2.26. The molecule has 0 aromatic rings. The Labute approximate surface area is 68.2 Å². The van der Waals surface area contributed by atoms with Crippen LogP contribution >= 0.6 is 0 Å². The van der Waals surface area contributed by atoms with Crippen molar-refractivity contribution in [3.05, 3.63) is 0 Å². The Morgan fingerprint density at radius 3 is 2.45 bits per heavy atom. The molecular weight excluding hydrogens is 141 g/mol. The molecular formula is C9H18FN. The first-order valence-electron chi connectivity index (χ1n) is 4.56. The Hall–Kier alpha value is -0.110. The molecule has 1 aliphatic rings. The Kier molecular flexibility index (Phi) is 2.88. The highest BCUT2D eigenvalue weighted by atomic mass is 19.1. The third-order valence-corrected chi connectivity index (χ3v) is 2.84. The molecule has 0 saturated heterocycles. The van der Waals surface area contributed by atoms with Gasteiger partial charge < -0.3 is 5.73 Å². The van der Waals surface area contributed by atoms with E-state index < -0.39 is 5.67 Å². The maximum atomic E-state index is 13.7. The van der Waals surface area contributed by atoms with Gasteiger partial charge in [0.25, 0.3) is 0 Å². The molecule has 1 fully saturated rings. The highest BCUT2D eigenvalue weighted by Crippen LogP contribution is 2.38. The van der Waals surface area contributed by atoms with Crippen molar-refractivity contribution in [3.63, 3.8) is 0 Å². The van der Waals surface area contributed by atoms with Gasteiger partial charge >= 0.3 is 0 Å². The molecule has 0 bridgehead atoms. The van der Waals surface area contributed by atoms with E-state index in [4.69, 9.17) is 5.73 Å². The van der Waals surface area contributed by atoms with Gasteiger partial charge in [0, 0.05) is 0 Å². The lowest BCUT2D eigenvalue weighted by molar-refractivity contribution is 0.0973. The van der Waals surface area contributed by atoms with E-state index in [0.717, 1.165) is 12.8 Å². The fourth-order valence-corrected chi connectivity index (χ4v) is 2.01. The maximum Gasteiger partial charge on any atom is 0.112 e. The average Bonchev–Trinajstić information content (AvgIpc) is 2.37. The van der Waals surface area contributed by atoms with E-state index in [9.17, 15) is 4.39 Å². The fourth-order valence-electron chi connectivity index (χ4n) is 2.01. The molecule has 2 N–H and O–H groups in total. The predicted octanol–water partition coefficient (Wildman–Crippen LogP) is 2.25. The lowest BCUT2D eigenvalue weighted by Crippen LogP contribution is -2.30. The predicted molar refractivity (Wildman–Crippen MR) is 45.1 cm³/mol. The summed E-state index contributed by atoms with van der Waals surface area (Å²) in [6.45, 7) is 2.18. The Morgan fingerprint density at radius 1 is 1.45 bits per heavy atom. The third-order valence-electron chi connectivity index (χ3n) is 2.84. The summed E-state index contributed by atoms with van der Waals surface area (Å²) >= 11 is 0. The normalized spacial score (nSPS) is 25.4. The van der Waals surface area contributed by atoms with Crippen molar-refractivity contribution in [2.45, 2.75) is 44.7 Å². The highest BCUT2D eigenvalue weighted by Gasteiger charge is 2.34. The Bertz CT molecular complexity index is 117. The van der Waals surface area contributed by atoms with Crippen LogP contribution in [0, 0.1) is 5.92 Å². The molecule has 1 nitrogen and oxygen atoms in total. The molecule has 2 heteroatoms. The summed E-state index contributed by atoms with van der Waals surface area (Å²) in [6.07, 6.45) is 5.06. The molecule has 11 heavy (non-hydrogen) atoms. The molecule has 1 atom stereocenters. The second-order valence-electron chi connectivity index (χ2n) is 3.80. The minimum absolute atomic E-state index is 0.283. The number of hydrogen-bond acceptors (Lipinski definition) is 1. The van der Waals surface area contributed by atoms with Gasteiger partial charge in [0.1, 0.15) is 5.67 Å². The van der Waals surface area contributed by atoms with Gasteiger partial charge in [0.15, 0.2) is 0 Å². The highest BCUT2D eigenvalue weighted by molar-refractivity contribution is 4.85. The molecule has 0 aromatic carbocycles. The maximum absolute atomic E-state index is 13.7. The van der Waals surface area contributed by atoms with Gasteiger partial charge in [0.05, 0.1) is 0 Å². The van der Waals surface area contributed by atoms with E-state index in [1.54, 1.807) is 6.92 Å². The van der Waals surface area contributed by atoms with E-state index in [1.165, 1.54) is 12.8 Å². The van der Waals surface area contributed by atoms with Gasteiger partial charge in [0.2, 0.25) is 0 Å². The van der Waals surface area contributed by atoms with E-state index in [0.29, 0.717) is 13.0 Å². The molecule has 0 heterocycles. The van der Waals surface area contributed by atoms with Crippen molar-refractivity contribution < 1.29 is 4.39 Å². The summed E-state index contributed by atoms with van der Waals surface area (Å²) in [5.74, 6) is 0.283. The van der Waals surface area contributed by atoms with Crippen molar-refractivity contribution in [1.29, 1.82) is 0 Å². The minimum Gasteiger partial charge on any atom is -0.330 e. The first kappa shape index (κ1) is 8.98. The van der Waals surface area contributed by atoms with Crippen LogP contribution in [-0.2, 0) is 0 Å². The van der Waals surface area contributed by atoms with E-state index >= 15 is 0 Å². The van der Waals surface area contributed by atoms with Crippen LogP contribution in [0.5, 0.6) is 0 Å². The summed E-state index contributed by atoms with van der Waals surface area (Å²) in [4.78, 5) is 0. The van der Waals surface area contributed by atoms with Crippen LogP contribution in [0.3, 0.4) is 0 Å². The Morgan fingerprint density at radius 2 is 2.00 bits per heavy atom. The molecule has 1 saturated carbocycles. The number of rotatable bonds is 3. The SMILES string of the molecule is CC(F)(CCN)C1CCCC1. The zero-order valence-corrected chi connectivity index (χ0v) is 7.28. The zero-order chi connectivity index (χ0) is 8.32. The molecule has 0 radical (unpaired) electrons. The quantitative estimate of drug-likeness (QED) is 0.671. The van der Waals surface area contributed by atoms with Crippen LogP contribution in [0.25, 0.3) is 0 Å². The first-order chi connectivity index (χ1) is 5.17.